The molecule has 0 aliphatic carbocycles. The minimum absolute atomic E-state index is 0.0429. The monoisotopic (exact) mass is 420 g/mol. The lowest BCUT2D eigenvalue weighted by atomic mass is 10.0. The molecule has 28 heavy (non-hydrogen) atoms. The van der Waals surface area contributed by atoms with Crippen LogP contribution in [0.4, 0.5) is 0 Å². The van der Waals surface area contributed by atoms with Crippen molar-refractivity contribution >= 4 is 34.8 Å². The molecule has 1 unspecified atom stereocenters. The van der Waals surface area contributed by atoms with Crippen LogP contribution < -0.4 is 5.32 Å². The second-order valence-electron chi connectivity index (χ2n) is 6.80. The summed E-state index contributed by atoms with van der Waals surface area (Å²) in [6, 6.07) is 11.3. The first-order chi connectivity index (χ1) is 13.5. The molecular weight excluding hydrogens is 392 g/mol. The van der Waals surface area contributed by atoms with Gasteiger partial charge in [0.25, 0.3) is 0 Å². The van der Waals surface area contributed by atoms with Crippen LogP contribution in [0.5, 0.6) is 0 Å². The summed E-state index contributed by atoms with van der Waals surface area (Å²) in [6.45, 7) is 5.72. The van der Waals surface area contributed by atoms with E-state index in [0.29, 0.717) is 24.3 Å². The molecule has 1 atom stereocenters. The van der Waals surface area contributed by atoms with Gasteiger partial charge in [0.15, 0.2) is 0 Å². The van der Waals surface area contributed by atoms with Crippen LogP contribution in [0, 0.1) is 0 Å². The molecule has 0 saturated heterocycles. The summed E-state index contributed by atoms with van der Waals surface area (Å²) in [5.74, 6) is 0.0997. The molecule has 2 rings (SSSR count). The summed E-state index contributed by atoms with van der Waals surface area (Å²) >= 11 is 7.60. The van der Waals surface area contributed by atoms with Crippen molar-refractivity contribution < 1.29 is 9.59 Å². The van der Waals surface area contributed by atoms with Gasteiger partial charge in [0.05, 0.1) is 6.04 Å². The smallest absolute Gasteiger partial charge is 0.222 e. The van der Waals surface area contributed by atoms with Crippen LogP contribution in [0.25, 0.3) is 0 Å². The SMILES string of the molecule is CCCN(CCC)C(=O)CCCC(=O)NC(c1ccc(Cl)cc1)c1cccs1. The number of carbonyl (C=O) groups is 2. The van der Waals surface area contributed by atoms with Crippen LogP contribution in [0.2, 0.25) is 5.02 Å². The second kappa shape index (κ2) is 11.9. The van der Waals surface area contributed by atoms with Gasteiger partial charge < -0.3 is 10.2 Å². The van der Waals surface area contributed by atoms with E-state index >= 15 is 0 Å². The van der Waals surface area contributed by atoms with Crippen molar-refractivity contribution in [1.82, 2.24) is 10.2 Å². The van der Waals surface area contributed by atoms with Crippen LogP contribution in [-0.4, -0.2) is 29.8 Å². The summed E-state index contributed by atoms with van der Waals surface area (Å²) in [6.07, 6.45) is 3.23. The molecule has 0 bridgehead atoms. The highest BCUT2D eigenvalue weighted by molar-refractivity contribution is 7.10. The largest absolute Gasteiger partial charge is 0.344 e. The van der Waals surface area contributed by atoms with E-state index in [-0.39, 0.29) is 17.9 Å². The maximum absolute atomic E-state index is 12.5. The topological polar surface area (TPSA) is 49.4 Å². The van der Waals surface area contributed by atoms with Crippen molar-refractivity contribution in [2.24, 2.45) is 0 Å². The number of hydrogen-bond donors (Lipinski definition) is 1. The van der Waals surface area contributed by atoms with Crippen LogP contribution in [0.1, 0.15) is 62.4 Å². The zero-order chi connectivity index (χ0) is 20.4. The van der Waals surface area contributed by atoms with E-state index in [1.54, 1.807) is 11.3 Å². The maximum Gasteiger partial charge on any atom is 0.222 e. The fourth-order valence-corrected chi connectivity index (χ4v) is 4.05. The highest BCUT2D eigenvalue weighted by Gasteiger charge is 2.18. The van der Waals surface area contributed by atoms with E-state index in [9.17, 15) is 9.59 Å². The van der Waals surface area contributed by atoms with Gasteiger partial charge in [0.2, 0.25) is 11.8 Å². The predicted molar refractivity (Wildman–Crippen MR) is 117 cm³/mol. The molecule has 0 fully saturated rings. The van der Waals surface area contributed by atoms with Crippen molar-refractivity contribution in [1.29, 1.82) is 0 Å². The van der Waals surface area contributed by atoms with Crippen molar-refractivity contribution in [3.05, 3.63) is 57.2 Å². The molecule has 6 heteroatoms. The highest BCUT2D eigenvalue weighted by atomic mass is 35.5. The van der Waals surface area contributed by atoms with Gasteiger partial charge in [-0.05, 0) is 48.4 Å². The number of thiophene rings is 1. The quantitative estimate of drug-likeness (QED) is 0.527. The van der Waals surface area contributed by atoms with Crippen molar-refractivity contribution in [3.63, 3.8) is 0 Å². The third-order valence-electron chi connectivity index (χ3n) is 4.47. The van der Waals surface area contributed by atoms with E-state index in [4.69, 9.17) is 11.6 Å². The number of rotatable bonds is 11. The molecule has 1 aromatic heterocycles. The zero-order valence-corrected chi connectivity index (χ0v) is 18.2. The van der Waals surface area contributed by atoms with E-state index in [0.717, 1.165) is 36.4 Å². The molecule has 0 radical (unpaired) electrons. The van der Waals surface area contributed by atoms with E-state index in [2.05, 4.69) is 19.2 Å². The van der Waals surface area contributed by atoms with Crippen LogP contribution >= 0.6 is 22.9 Å². The summed E-state index contributed by atoms with van der Waals surface area (Å²) in [5, 5.41) is 5.78. The van der Waals surface area contributed by atoms with Gasteiger partial charge in [0.1, 0.15) is 0 Å². The fourth-order valence-electron chi connectivity index (χ4n) is 3.12. The Hall–Kier alpha value is -1.85. The van der Waals surface area contributed by atoms with Gasteiger partial charge in [-0.2, -0.15) is 0 Å². The molecule has 0 aliphatic rings. The minimum Gasteiger partial charge on any atom is -0.344 e. The molecule has 2 amide bonds. The Balaban J connectivity index is 1.91. The van der Waals surface area contributed by atoms with Crippen molar-refractivity contribution in [2.45, 2.75) is 52.0 Å². The second-order valence-corrected chi connectivity index (χ2v) is 8.22. The molecule has 1 N–H and O–H groups in total. The minimum atomic E-state index is -0.197. The standard InChI is InChI=1S/C22H29ClN2O2S/c1-3-14-25(15-4-2)21(27)9-5-8-20(26)24-22(19-7-6-16-28-19)17-10-12-18(23)13-11-17/h6-7,10-13,16,22H,3-5,8-9,14-15H2,1-2H3,(H,24,26). The lowest BCUT2D eigenvalue weighted by Crippen LogP contribution is -2.33. The summed E-state index contributed by atoms with van der Waals surface area (Å²) in [5.41, 5.74) is 0.994. The lowest BCUT2D eigenvalue weighted by molar-refractivity contribution is -0.131. The van der Waals surface area contributed by atoms with Crippen molar-refractivity contribution in [2.75, 3.05) is 13.1 Å². The molecular formula is C22H29ClN2O2S. The van der Waals surface area contributed by atoms with Gasteiger partial charge in [-0.15, -0.1) is 11.3 Å². The first-order valence-corrected chi connectivity index (χ1v) is 11.2. The lowest BCUT2D eigenvalue weighted by Gasteiger charge is -2.21. The Bertz CT molecular complexity index is 726. The summed E-state index contributed by atoms with van der Waals surface area (Å²) in [4.78, 5) is 27.9. The Kier molecular flexibility index (Phi) is 9.51. The Morgan fingerprint density at radius 2 is 1.75 bits per heavy atom. The number of hydrogen-bond acceptors (Lipinski definition) is 3. The average molecular weight is 421 g/mol. The summed E-state index contributed by atoms with van der Waals surface area (Å²) < 4.78 is 0. The first kappa shape index (κ1) is 22.4. The van der Waals surface area contributed by atoms with E-state index in [1.807, 2.05) is 46.7 Å². The first-order valence-electron chi connectivity index (χ1n) is 9.91. The molecule has 152 valence electrons. The highest BCUT2D eigenvalue weighted by Crippen LogP contribution is 2.27. The molecule has 0 saturated carbocycles. The molecule has 4 nitrogen and oxygen atoms in total. The van der Waals surface area contributed by atoms with E-state index in [1.165, 1.54) is 0 Å². The predicted octanol–water partition coefficient (Wildman–Crippen LogP) is 5.43. The molecule has 0 aliphatic heterocycles. The Morgan fingerprint density at radius 3 is 2.32 bits per heavy atom. The molecule has 0 spiro atoms. The molecule has 1 heterocycles. The number of benzene rings is 1. The number of nitrogens with one attached hydrogen (secondary N) is 1. The third kappa shape index (κ3) is 6.95. The van der Waals surface area contributed by atoms with E-state index < -0.39 is 0 Å². The van der Waals surface area contributed by atoms with Gasteiger partial charge in [0, 0.05) is 35.8 Å². The Morgan fingerprint density at radius 1 is 1.07 bits per heavy atom. The number of amides is 2. The van der Waals surface area contributed by atoms with Gasteiger partial charge >= 0.3 is 0 Å². The van der Waals surface area contributed by atoms with Crippen LogP contribution in [0.3, 0.4) is 0 Å². The number of carbonyl (C=O) groups excluding carboxylic acids is 2. The third-order valence-corrected chi connectivity index (χ3v) is 5.66. The number of halogens is 1. The van der Waals surface area contributed by atoms with Gasteiger partial charge in [-0.25, -0.2) is 0 Å². The van der Waals surface area contributed by atoms with Gasteiger partial charge in [-0.3, -0.25) is 9.59 Å². The summed E-state index contributed by atoms with van der Waals surface area (Å²) in [7, 11) is 0. The fraction of sp³-hybridized carbons (Fsp3) is 0.455. The zero-order valence-electron chi connectivity index (χ0n) is 16.6. The average Bonchev–Trinajstić information content (AvgIpc) is 3.21. The van der Waals surface area contributed by atoms with Crippen LogP contribution in [0.15, 0.2) is 41.8 Å². The number of nitrogens with zero attached hydrogens (tertiary/aromatic N) is 1. The van der Waals surface area contributed by atoms with Crippen molar-refractivity contribution in [3.8, 4) is 0 Å². The normalized spacial score (nSPS) is 11.8. The van der Waals surface area contributed by atoms with Crippen LogP contribution in [-0.2, 0) is 9.59 Å². The molecule has 1 aromatic carbocycles. The Labute approximate surface area is 176 Å². The van der Waals surface area contributed by atoms with Gasteiger partial charge in [-0.1, -0.05) is 43.6 Å². The maximum atomic E-state index is 12.5. The molecule has 2 aromatic rings.